The Kier molecular flexibility index (Phi) is 7.06. The lowest BCUT2D eigenvalue weighted by Gasteiger charge is -2.23. The molecular weight excluding hydrogens is 282 g/mol. The minimum absolute atomic E-state index is 0.145. The van der Waals surface area contributed by atoms with Gasteiger partial charge in [-0.15, -0.1) is 11.8 Å². The van der Waals surface area contributed by atoms with Crippen LogP contribution in [-0.2, 0) is 4.79 Å². The molecule has 116 valence electrons. The van der Waals surface area contributed by atoms with Crippen LogP contribution in [0.25, 0.3) is 0 Å². The second-order valence-corrected chi connectivity index (χ2v) is 6.50. The number of rotatable bonds is 8. The van der Waals surface area contributed by atoms with Crippen LogP contribution in [0.3, 0.4) is 0 Å². The number of likely N-dealkylation sites (N-methyl/N-ethyl adjacent to an activating group) is 1. The first-order valence-electron chi connectivity index (χ1n) is 7.63. The summed E-state index contributed by atoms with van der Waals surface area (Å²) in [5, 5.41) is 6.23. The number of carbonyl (C=O) groups is 1. The molecule has 2 N–H and O–H groups in total. The fourth-order valence-corrected chi connectivity index (χ4v) is 3.48. The van der Waals surface area contributed by atoms with Gasteiger partial charge in [0.05, 0.1) is 6.54 Å². The molecule has 1 aromatic rings. The van der Waals surface area contributed by atoms with E-state index >= 15 is 0 Å². The molecular formula is C16H25N3OS. The number of hydrogen-bond donors (Lipinski definition) is 2. The maximum atomic E-state index is 12.0. The van der Waals surface area contributed by atoms with Crippen LogP contribution in [0.15, 0.2) is 35.2 Å². The molecule has 0 spiro atoms. The van der Waals surface area contributed by atoms with E-state index in [0.29, 0.717) is 12.6 Å². The Morgan fingerprint density at radius 1 is 1.38 bits per heavy atom. The van der Waals surface area contributed by atoms with Crippen molar-refractivity contribution in [2.75, 3.05) is 39.0 Å². The van der Waals surface area contributed by atoms with Crippen molar-refractivity contribution < 1.29 is 4.79 Å². The molecule has 2 rings (SSSR count). The number of carbonyl (C=O) groups excluding carboxylic acids is 1. The predicted octanol–water partition coefficient (Wildman–Crippen LogP) is 1.58. The highest BCUT2D eigenvalue weighted by atomic mass is 32.2. The third-order valence-corrected chi connectivity index (χ3v) is 4.74. The molecule has 21 heavy (non-hydrogen) atoms. The number of nitrogens with zero attached hydrogens (tertiary/aromatic N) is 1. The Morgan fingerprint density at radius 3 is 2.95 bits per heavy atom. The van der Waals surface area contributed by atoms with Crippen LogP contribution in [0.5, 0.6) is 0 Å². The van der Waals surface area contributed by atoms with Crippen molar-refractivity contribution in [3.05, 3.63) is 30.3 Å². The molecule has 1 aromatic carbocycles. The average molecular weight is 307 g/mol. The summed E-state index contributed by atoms with van der Waals surface area (Å²) in [7, 11) is 1.97. The van der Waals surface area contributed by atoms with Crippen molar-refractivity contribution in [2.24, 2.45) is 0 Å². The van der Waals surface area contributed by atoms with Crippen molar-refractivity contribution in [2.45, 2.75) is 23.8 Å². The van der Waals surface area contributed by atoms with Crippen LogP contribution >= 0.6 is 11.8 Å². The molecule has 0 bridgehead atoms. The Balaban J connectivity index is 1.61. The standard InChI is InChI=1S/C16H25N3OS/c1-17-12-14-6-5-10-19(14)13-16(20)18-9-11-21-15-7-3-2-4-8-15/h2-4,7-8,14,17H,5-6,9-13H2,1H3,(H,18,20). The van der Waals surface area contributed by atoms with Gasteiger partial charge in [-0.05, 0) is 38.6 Å². The molecule has 1 saturated heterocycles. The zero-order valence-electron chi connectivity index (χ0n) is 12.7. The van der Waals surface area contributed by atoms with Gasteiger partial charge in [0.25, 0.3) is 0 Å². The van der Waals surface area contributed by atoms with E-state index < -0.39 is 0 Å². The summed E-state index contributed by atoms with van der Waals surface area (Å²) in [5.74, 6) is 1.06. The highest BCUT2D eigenvalue weighted by molar-refractivity contribution is 7.99. The van der Waals surface area contributed by atoms with Gasteiger partial charge in [-0.2, -0.15) is 0 Å². The molecule has 0 aromatic heterocycles. The summed E-state index contributed by atoms with van der Waals surface area (Å²) in [6.07, 6.45) is 2.39. The van der Waals surface area contributed by atoms with Crippen molar-refractivity contribution in [1.29, 1.82) is 0 Å². The highest BCUT2D eigenvalue weighted by Gasteiger charge is 2.25. The summed E-state index contributed by atoms with van der Waals surface area (Å²) < 4.78 is 0. The van der Waals surface area contributed by atoms with Crippen LogP contribution < -0.4 is 10.6 Å². The zero-order chi connectivity index (χ0) is 14.9. The van der Waals surface area contributed by atoms with Crippen LogP contribution in [-0.4, -0.2) is 55.8 Å². The molecule has 1 aliphatic rings. The van der Waals surface area contributed by atoms with Gasteiger partial charge in [0.2, 0.25) is 5.91 Å². The maximum absolute atomic E-state index is 12.0. The zero-order valence-corrected chi connectivity index (χ0v) is 13.5. The van der Waals surface area contributed by atoms with Crippen molar-refractivity contribution in [1.82, 2.24) is 15.5 Å². The molecule has 1 fully saturated rings. The minimum atomic E-state index is 0.145. The largest absolute Gasteiger partial charge is 0.354 e. The lowest BCUT2D eigenvalue weighted by atomic mass is 10.2. The van der Waals surface area contributed by atoms with Gasteiger partial charge in [-0.3, -0.25) is 9.69 Å². The first-order valence-corrected chi connectivity index (χ1v) is 8.61. The van der Waals surface area contributed by atoms with Gasteiger partial charge in [0, 0.05) is 29.8 Å². The summed E-state index contributed by atoms with van der Waals surface area (Å²) in [4.78, 5) is 15.5. The second kappa shape index (κ2) is 9.07. The number of nitrogens with one attached hydrogen (secondary N) is 2. The molecule has 4 nitrogen and oxygen atoms in total. The van der Waals surface area contributed by atoms with Gasteiger partial charge in [0.1, 0.15) is 0 Å². The van der Waals surface area contributed by atoms with E-state index in [9.17, 15) is 4.79 Å². The fourth-order valence-electron chi connectivity index (χ4n) is 2.69. The first kappa shape index (κ1) is 16.3. The van der Waals surface area contributed by atoms with E-state index in [1.165, 1.54) is 17.7 Å². The number of amides is 1. The van der Waals surface area contributed by atoms with E-state index in [2.05, 4.69) is 27.7 Å². The van der Waals surface area contributed by atoms with Crippen LogP contribution in [0, 0.1) is 0 Å². The highest BCUT2D eigenvalue weighted by Crippen LogP contribution is 2.16. The molecule has 0 saturated carbocycles. The third-order valence-electron chi connectivity index (χ3n) is 3.72. The molecule has 5 heteroatoms. The number of thioether (sulfide) groups is 1. The fraction of sp³-hybridized carbons (Fsp3) is 0.562. The number of hydrogen-bond acceptors (Lipinski definition) is 4. The van der Waals surface area contributed by atoms with E-state index in [0.717, 1.165) is 25.4 Å². The smallest absolute Gasteiger partial charge is 0.234 e. The van der Waals surface area contributed by atoms with Crippen molar-refractivity contribution in [3.63, 3.8) is 0 Å². The van der Waals surface area contributed by atoms with Crippen molar-refractivity contribution >= 4 is 17.7 Å². The third kappa shape index (κ3) is 5.69. The molecule has 0 radical (unpaired) electrons. The summed E-state index contributed by atoms with van der Waals surface area (Å²) >= 11 is 1.78. The first-order chi connectivity index (χ1) is 10.3. The normalized spacial score (nSPS) is 18.8. The second-order valence-electron chi connectivity index (χ2n) is 5.34. The SMILES string of the molecule is CNCC1CCCN1CC(=O)NCCSc1ccccc1. The van der Waals surface area contributed by atoms with E-state index in [1.54, 1.807) is 11.8 Å². The molecule has 0 aliphatic carbocycles. The molecule has 1 aliphatic heterocycles. The van der Waals surface area contributed by atoms with E-state index in [1.807, 2.05) is 25.2 Å². The van der Waals surface area contributed by atoms with E-state index in [4.69, 9.17) is 0 Å². The number of benzene rings is 1. The quantitative estimate of drug-likeness (QED) is 0.565. The molecule has 1 unspecified atom stereocenters. The average Bonchev–Trinajstić information content (AvgIpc) is 2.92. The molecule has 1 amide bonds. The Morgan fingerprint density at radius 2 is 2.19 bits per heavy atom. The topological polar surface area (TPSA) is 44.4 Å². The minimum Gasteiger partial charge on any atom is -0.354 e. The maximum Gasteiger partial charge on any atom is 0.234 e. The van der Waals surface area contributed by atoms with Gasteiger partial charge >= 0.3 is 0 Å². The van der Waals surface area contributed by atoms with Gasteiger partial charge in [0.15, 0.2) is 0 Å². The molecule has 1 atom stereocenters. The van der Waals surface area contributed by atoms with Crippen LogP contribution in [0.1, 0.15) is 12.8 Å². The molecule has 1 heterocycles. The summed E-state index contributed by atoms with van der Waals surface area (Å²) in [5.41, 5.74) is 0. The predicted molar refractivity (Wildman–Crippen MR) is 88.7 cm³/mol. The Bertz CT molecular complexity index is 427. The Labute approximate surface area is 131 Å². The monoisotopic (exact) mass is 307 g/mol. The van der Waals surface area contributed by atoms with Crippen molar-refractivity contribution in [3.8, 4) is 0 Å². The lowest BCUT2D eigenvalue weighted by Crippen LogP contribution is -2.43. The summed E-state index contributed by atoms with van der Waals surface area (Å²) in [6.45, 7) is 3.26. The van der Waals surface area contributed by atoms with Crippen LogP contribution in [0.2, 0.25) is 0 Å². The van der Waals surface area contributed by atoms with E-state index in [-0.39, 0.29) is 5.91 Å². The Hall–Kier alpha value is -1.04. The van der Waals surface area contributed by atoms with Gasteiger partial charge in [-0.1, -0.05) is 18.2 Å². The van der Waals surface area contributed by atoms with Gasteiger partial charge < -0.3 is 10.6 Å². The van der Waals surface area contributed by atoms with Gasteiger partial charge in [-0.25, -0.2) is 0 Å². The summed E-state index contributed by atoms with van der Waals surface area (Å²) in [6, 6.07) is 10.8. The number of likely N-dealkylation sites (tertiary alicyclic amines) is 1. The lowest BCUT2D eigenvalue weighted by molar-refractivity contribution is -0.122. The van der Waals surface area contributed by atoms with Crippen LogP contribution in [0.4, 0.5) is 0 Å².